The Hall–Kier alpha value is -0.0500. The second-order valence-corrected chi connectivity index (χ2v) is 5.06. The van der Waals surface area contributed by atoms with Gasteiger partial charge in [-0.3, -0.25) is 4.79 Å². The first-order chi connectivity index (χ1) is 7.81. The molecule has 0 heterocycles. The maximum absolute atomic E-state index is 11.3. The molecular formula is C13H26BrNO. The summed E-state index contributed by atoms with van der Waals surface area (Å²) < 4.78 is 0. The standard InChI is InChI=1S/C13H26BrNO/c1-2-3-4-5-6-9-12-15-13(16)10-7-8-11-14/h2-12H2,1H3,(H,15,16). The van der Waals surface area contributed by atoms with E-state index >= 15 is 0 Å². The number of unbranched alkanes of at least 4 members (excludes halogenated alkanes) is 6. The molecule has 0 saturated carbocycles. The van der Waals surface area contributed by atoms with Gasteiger partial charge in [-0.05, 0) is 19.3 Å². The van der Waals surface area contributed by atoms with E-state index in [1.807, 2.05) is 0 Å². The first-order valence-corrected chi connectivity index (χ1v) is 7.76. The molecule has 0 aliphatic carbocycles. The zero-order chi connectivity index (χ0) is 12.1. The number of amides is 1. The van der Waals surface area contributed by atoms with Crippen molar-refractivity contribution < 1.29 is 4.79 Å². The van der Waals surface area contributed by atoms with E-state index in [4.69, 9.17) is 0 Å². The van der Waals surface area contributed by atoms with Crippen molar-refractivity contribution in [3.8, 4) is 0 Å². The molecular weight excluding hydrogens is 266 g/mol. The van der Waals surface area contributed by atoms with Crippen LogP contribution in [0.15, 0.2) is 0 Å². The summed E-state index contributed by atoms with van der Waals surface area (Å²) in [5.74, 6) is 0.217. The summed E-state index contributed by atoms with van der Waals surface area (Å²) in [6.45, 7) is 3.09. The van der Waals surface area contributed by atoms with Crippen LogP contribution in [0.1, 0.15) is 64.7 Å². The quantitative estimate of drug-likeness (QED) is 0.452. The fraction of sp³-hybridized carbons (Fsp3) is 0.923. The molecule has 0 aromatic heterocycles. The molecule has 0 rings (SSSR count). The van der Waals surface area contributed by atoms with Gasteiger partial charge in [-0.25, -0.2) is 0 Å². The molecule has 16 heavy (non-hydrogen) atoms. The Labute approximate surface area is 109 Å². The van der Waals surface area contributed by atoms with E-state index in [-0.39, 0.29) is 5.91 Å². The van der Waals surface area contributed by atoms with Crippen molar-refractivity contribution in [2.75, 3.05) is 11.9 Å². The lowest BCUT2D eigenvalue weighted by molar-refractivity contribution is -0.121. The minimum absolute atomic E-state index is 0.217. The topological polar surface area (TPSA) is 29.1 Å². The first-order valence-electron chi connectivity index (χ1n) is 6.64. The predicted molar refractivity (Wildman–Crippen MR) is 74.0 cm³/mol. The third-order valence-electron chi connectivity index (χ3n) is 2.64. The first kappa shape index (κ1) is 16.0. The van der Waals surface area contributed by atoms with Crippen molar-refractivity contribution in [2.45, 2.75) is 64.7 Å². The van der Waals surface area contributed by atoms with Gasteiger partial charge in [-0.15, -0.1) is 0 Å². The number of carbonyl (C=O) groups is 1. The highest BCUT2D eigenvalue weighted by Gasteiger charge is 1.99. The fourth-order valence-corrected chi connectivity index (χ4v) is 2.00. The van der Waals surface area contributed by atoms with E-state index in [9.17, 15) is 4.79 Å². The summed E-state index contributed by atoms with van der Waals surface area (Å²) in [4.78, 5) is 11.3. The highest BCUT2D eigenvalue weighted by molar-refractivity contribution is 9.09. The van der Waals surface area contributed by atoms with Crippen LogP contribution in [0.25, 0.3) is 0 Å². The minimum atomic E-state index is 0.217. The van der Waals surface area contributed by atoms with Crippen molar-refractivity contribution >= 4 is 21.8 Å². The van der Waals surface area contributed by atoms with Crippen molar-refractivity contribution in [2.24, 2.45) is 0 Å². The average Bonchev–Trinajstić information content (AvgIpc) is 2.28. The van der Waals surface area contributed by atoms with Gasteiger partial charge in [0, 0.05) is 18.3 Å². The highest BCUT2D eigenvalue weighted by atomic mass is 79.9. The molecule has 0 fully saturated rings. The Morgan fingerprint density at radius 1 is 1.00 bits per heavy atom. The third-order valence-corrected chi connectivity index (χ3v) is 3.20. The fourth-order valence-electron chi connectivity index (χ4n) is 1.60. The van der Waals surface area contributed by atoms with Crippen LogP contribution < -0.4 is 5.32 Å². The lowest BCUT2D eigenvalue weighted by Crippen LogP contribution is -2.23. The molecule has 0 spiro atoms. The summed E-state index contributed by atoms with van der Waals surface area (Å²) in [5, 5.41) is 3.98. The molecule has 0 radical (unpaired) electrons. The predicted octanol–water partition coefficient (Wildman–Crippen LogP) is 4.03. The van der Waals surface area contributed by atoms with Crippen molar-refractivity contribution in [3.63, 3.8) is 0 Å². The Kier molecular flexibility index (Phi) is 13.0. The number of alkyl halides is 1. The monoisotopic (exact) mass is 291 g/mol. The van der Waals surface area contributed by atoms with Gasteiger partial charge in [0.2, 0.25) is 5.91 Å². The maximum Gasteiger partial charge on any atom is 0.219 e. The van der Waals surface area contributed by atoms with Crippen LogP contribution in [0.4, 0.5) is 0 Å². The molecule has 0 unspecified atom stereocenters. The molecule has 1 amide bonds. The van der Waals surface area contributed by atoms with Crippen molar-refractivity contribution in [1.82, 2.24) is 5.32 Å². The SMILES string of the molecule is CCCCCCCCNC(=O)CCCCBr. The maximum atomic E-state index is 11.3. The number of halogens is 1. The zero-order valence-electron chi connectivity index (χ0n) is 10.6. The number of hydrogen-bond donors (Lipinski definition) is 1. The van der Waals surface area contributed by atoms with Gasteiger partial charge in [-0.2, -0.15) is 0 Å². The normalized spacial score (nSPS) is 10.4. The van der Waals surface area contributed by atoms with E-state index in [0.29, 0.717) is 6.42 Å². The van der Waals surface area contributed by atoms with Crippen LogP contribution in [-0.2, 0) is 4.79 Å². The number of nitrogens with one attached hydrogen (secondary N) is 1. The van der Waals surface area contributed by atoms with Gasteiger partial charge < -0.3 is 5.32 Å². The van der Waals surface area contributed by atoms with Crippen molar-refractivity contribution in [3.05, 3.63) is 0 Å². The van der Waals surface area contributed by atoms with Crippen LogP contribution in [-0.4, -0.2) is 17.8 Å². The van der Waals surface area contributed by atoms with Crippen molar-refractivity contribution in [1.29, 1.82) is 0 Å². The lowest BCUT2D eigenvalue weighted by atomic mass is 10.1. The van der Waals surface area contributed by atoms with Crippen LogP contribution in [0.2, 0.25) is 0 Å². The molecule has 0 aliphatic heterocycles. The Morgan fingerprint density at radius 3 is 2.38 bits per heavy atom. The smallest absolute Gasteiger partial charge is 0.219 e. The second kappa shape index (κ2) is 13.0. The molecule has 96 valence electrons. The van der Waals surface area contributed by atoms with Crippen LogP contribution >= 0.6 is 15.9 Å². The zero-order valence-corrected chi connectivity index (χ0v) is 12.2. The second-order valence-electron chi connectivity index (χ2n) is 4.26. The third kappa shape index (κ3) is 12.0. The largest absolute Gasteiger partial charge is 0.356 e. The van der Waals surface area contributed by atoms with Crippen LogP contribution in [0.5, 0.6) is 0 Å². The summed E-state index contributed by atoms with van der Waals surface area (Å²) in [5.41, 5.74) is 0. The van der Waals surface area contributed by atoms with E-state index < -0.39 is 0 Å². The van der Waals surface area contributed by atoms with Crippen LogP contribution in [0.3, 0.4) is 0 Å². The lowest BCUT2D eigenvalue weighted by Gasteiger charge is -2.04. The van der Waals surface area contributed by atoms with E-state index in [0.717, 1.165) is 31.1 Å². The Balaban J connectivity index is 3.09. The molecule has 3 heteroatoms. The molecule has 2 nitrogen and oxygen atoms in total. The number of carbonyl (C=O) groups excluding carboxylic acids is 1. The highest BCUT2D eigenvalue weighted by Crippen LogP contribution is 2.04. The number of rotatable bonds is 11. The summed E-state index contributed by atoms with van der Waals surface area (Å²) in [6.07, 6.45) is 10.4. The Morgan fingerprint density at radius 2 is 1.69 bits per heavy atom. The van der Waals surface area contributed by atoms with Gasteiger partial charge >= 0.3 is 0 Å². The van der Waals surface area contributed by atoms with Gasteiger partial charge in [0.05, 0.1) is 0 Å². The molecule has 0 aromatic rings. The molecule has 0 atom stereocenters. The summed E-state index contributed by atoms with van der Waals surface area (Å²) in [7, 11) is 0. The Bertz CT molecular complexity index is 162. The number of hydrogen-bond acceptors (Lipinski definition) is 1. The summed E-state index contributed by atoms with van der Waals surface area (Å²) in [6, 6.07) is 0. The molecule has 0 saturated heterocycles. The van der Waals surface area contributed by atoms with Gasteiger partial charge in [0.15, 0.2) is 0 Å². The minimum Gasteiger partial charge on any atom is -0.356 e. The van der Waals surface area contributed by atoms with Gasteiger partial charge in [0.1, 0.15) is 0 Å². The average molecular weight is 292 g/mol. The van der Waals surface area contributed by atoms with Gasteiger partial charge in [0.25, 0.3) is 0 Å². The van der Waals surface area contributed by atoms with Gasteiger partial charge in [-0.1, -0.05) is 55.0 Å². The van der Waals surface area contributed by atoms with E-state index in [2.05, 4.69) is 28.2 Å². The van der Waals surface area contributed by atoms with E-state index in [1.165, 1.54) is 32.1 Å². The van der Waals surface area contributed by atoms with Crippen LogP contribution in [0, 0.1) is 0 Å². The van der Waals surface area contributed by atoms with E-state index in [1.54, 1.807) is 0 Å². The summed E-state index contributed by atoms with van der Waals surface area (Å²) >= 11 is 3.36. The molecule has 0 aliphatic rings. The molecule has 1 N–H and O–H groups in total. The molecule has 0 aromatic carbocycles. The molecule has 0 bridgehead atoms.